The van der Waals surface area contributed by atoms with Gasteiger partial charge in [-0.1, -0.05) is 19.1 Å². The Morgan fingerprint density at radius 2 is 1.45 bits per heavy atom. The number of amides is 2. The van der Waals surface area contributed by atoms with E-state index < -0.39 is 6.04 Å². The van der Waals surface area contributed by atoms with Gasteiger partial charge in [0.2, 0.25) is 11.8 Å². The fraction of sp³-hybridized carbons (Fsp3) is 0.462. The normalized spacial score (nSPS) is 12.4. The maximum Gasteiger partial charge on any atom is 0.242 e. The van der Waals surface area contributed by atoms with E-state index >= 15 is 0 Å². The highest BCUT2D eigenvalue weighted by molar-refractivity contribution is 5.87. The number of rotatable bonds is 13. The number of carbonyl (C=O) groups excluding carboxylic acids is 2. The van der Waals surface area contributed by atoms with Gasteiger partial charge in [0.05, 0.1) is 20.8 Å². The Kier molecular flexibility index (Phi) is 10.5. The largest absolute Gasteiger partial charge is 0.497 e. The molecule has 1 N–H and O–H groups in total. The van der Waals surface area contributed by atoms with Crippen LogP contribution in [0.15, 0.2) is 48.5 Å². The van der Waals surface area contributed by atoms with E-state index in [-0.39, 0.29) is 24.3 Å². The third-order valence-electron chi connectivity index (χ3n) is 5.54. The van der Waals surface area contributed by atoms with Gasteiger partial charge in [0.15, 0.2) is 0 Å². The molecule has 0 aliphatic rings. The smallest absolute Gasteiger partial charge is 0.242 e. The number of ether oxygens (including phenoxy) is 3. The van der Waals surface area contributed by atoms with Crippen LogP contribution in [-0.2, 0) is 16.1 Å². The van der Waals surface area contributed by atoms with Gasteiger partial charge in [-0.15, -0.1) is 0 Å². The van der Waals surface area contributed by atoms with E-state index in [1.54, 1.807) is 26.0 Å². The average Bonchev–Trinajstić information content (AvgIpc) is 2.85. The van der Waals surface area contributed by atoms with Crippen LogP contribution in [0.4, 0.5) is 0 Å². The second-order valence-corrected chi connectivity index (χ2v) is 7.99. The fourth-order valence-corrected chi connectivity index (χ4v) is 3.20. The van der Waals surface area contributed by atoms with E-state index in [0.29, 0.717) is 19.6 Å². The quantitative estimate of drug-likeness (QED) is 0.457. The molecule has 0 radical (unpaired) electrons. The highest BCUT2D eigenvalue weighted by atomic mass is 16.5. The third kappa shape index (κ3) is 8.33. The van der Waals surface area contributed by atoms with Crippen molar-refractivity contribution in [3.63, 3.8) is 0 Å². The highest BCUT2D eigenvalue weighted by Crippen LogP contribution is 2.18. The lowest BCUT2D eigenvalue weighted by Gasteiger charge is -2.30. The molecule has 2 atom stereocenters. The summed E-state index contributed by atoms with van der Waals surface area (Å²) in [4.78, 5) is 27.5. The van der Waals surface area contributed by atoms with Crippen molar-refractivity contribution >= 4 is 11.8 Å². The minimum absolute atomic E-state index is 0.0517. The predicted molar refractivity (Wildman–Crippen MR) is 129 cm³/mol. The van der Waals surface area contributed by atoms with Crippen LogP contribution in [0.5, 0.6) is 17.2 Å². The maximum absolute atomic E-state index is 13.1. The number of nitrogens with zero attached hydrogens (tertiary/aromatic N) is 1. The molecule has 0 aliphatic heterocycles. The van der Waals surface area contributed by atoms with Crippen LogP contribution in [0.3, 0.4) is 0 Å². The minimum atomic E-state index is -0.587. The molecule has 2 aromatic rings. The predicted octanol–water partition coefficient (Wildman–Crippen LogP) is 4.19. The number of hydrogen-bond acceptors (Lipinski definition) is 5. The summed E-state index contributed by atoms with van der Waals surface area (Å²) in [6.07, 6.45) is 1.66. The standard InChI is InChI=1S/C26H36N2O5/c1-6-19(2)27-26(30)20(3)28(18-21-9-11-22(31-4)12-10-21)25(29)8-7-17-33-24-15-13-23(32-5)14-16-24/h9-16,19-20H,6-8,17-18H2,1-5H3,(H,27,30)/t19-,20+/m0/s1. The van der Waals surface area contributed by atoms with Crippen molar-refractivity contribution in [2.45, 2.75) is 58.7 Å². The number of nitrogens with one attached hydrogen (secondary N) is 1. The molecular weight excluding hydrogens is 420 g/mol. The lowest BCUT2D eigenvalue weighted by Crippen LogP contribution is -2.49. The van der Waals surface area contributed by atoms with Crippen molar-refractivity contribution in [2.24, 2.45) is 0 Å². The maximum atomic E-state index is 13.1. The molecule has 180 valence electrons. The summed E-state index contributed by atoms with van der Waals surface area (Å²) >= 11 is 0. The molecule has 0 aromatic heterocycles. The molecule has 0 saturated carbocycles. The van der Waals surface area contributed by atoms with E-state index in [0.717, 1.165) is 29.2 Å². The summed E-state index contributed by atoms with van der Waals surface area (Å²) in [6.45, 7) is 6.49. The van der Waals surface area contributed by atoms with Crippen LogP contribution >= 0.6 is 0 Å². The molecular formula is C26H36N2O5. The van der Waals surface area contributed by atoms with Gasteiger partial charge in [0.25, 0.3) is 0 Å². The highest BCUT2D eigenvalue weighted by Gasteiger charge is 2.26. The van der Waals surface area contributed by atoms with Gasteiger partial charge >= 0.3 is 0 Å². The van der Waals surface area contributed by atoms with E-state index in [2.05, 4.69) is 5.32 Å². The van der Waals surface area contributed by atoms with Crippen molar-refractivity contribution in [3.8, 4) is 17.2 Å². The average molecular weight is 457 g/mol. The molecule has 0 unspecified atom stereocenters. The van der Waals surface area contributed by atoms with Crippen molar-refractivity contribution in [1.29, 1.82) is 0 Å². The van der Waals surface area contributed by atoms with Gasteiger partial charge in [0.1, 0.15) is 23.3 Å². The number of hydrogen-bond donors (Lipinski definition) is 1. The van der Waals surface area contributed by atoms with Crippen LogP contribution in [0.1, 0.15) is 45.6 Å². The second kappa shape index (κ2) is 13.4. The summed E-state index contributed by atoms with van der Waals surface area (Å²) in [6, 6.07) is 14.3. The van der Waals surface area contributed by atoms with Gasteiger partial charge in [-0.25, -0.2) is 0 Å². The second-order valence-electron chi connectivity index (χ2n) is 7.99. The monoisotopic (exact) mass is 456 g/mol. The van der Waals surface area contributed by atoms with Gasteiger partial charge < -0.3 is 24.4 Å². The topological polar surface area (TPSA) is 77.1 Å². The first kappa shape index (κ1) is 26.0. The van der Waals surface area contributed by atoms with Crippen molar-refractivity contribution in [3.05, 3.63) is 54.1 Å². The Morgan fingerprint density at radius 3 is 2.00 bits per heavy atom. The Labute approximate surface area is 197 Å². The Bertz CT molecular complexity index is 867. The zero-order chi connectivity index (χ0) is 24.2. The summed E-state index contributed by atoms with van der Waals surface area (Å²) in [5, 5.41) is 2.98. The lowest BCUT2D eigenvalue weighted by molar-refractivity contribution is -0.141. The number of benzene rings is 2. The van der Waals surface area contributed by atoms with Gasteiger partial charge in [-0.05, 0) is 68.7 Å². The molecule has 0 bridgehead atoms. The molecule has 2 amide bonds. The number of methoxy groups -OCH3 is 2. The molecule has 0 heterocycles. The molecule has 2 aromatic carbocycles. The summed E-state index contributed by atoms with van der Waals surface area (Å²) < 4.78 is 16.1. The van der Waals surface area contributed by atoms with Crippen LogP contribution in [0, 0.1) is 0 Å². The zero-order valence-corrected chi connectivity index (χ0v) is 20.3. The van der Waals surface area contributed by atoms with E-state index in [4.69, 9.17) is 14.2 Å². The van der Waals surface area contributed by atoms with Crippen LogP contribution < -0.4 is 19.5 Å². The molecule has 0 spiro atoms. The van der Waals surface area contributed by atoms with Gasteiger partial charge in [0, 0.05) is 19.0 Å². The summed E-state index contributed by atoms with van der Waals surface area (Å²) in [5.74, 6) is 1.99. The first-order chi connectivity index (χ1) is 15.9. The molecule has 0 saturated heterocycles. The zero-order valence-electron chi connectivity index (χ0n) is 20.3. The minimum Gasteiger partial charge on any atom is -0.497 e. The van der Waals surface area contributed by atoms with Crippen molar-refractivity contribution < 1.29 is 23.8 Å². The third-order valence-corrected chi connectivity index (χ3v) is 5.54. The molecule has 0 fully saturated rings. The van der Waals surface area contributed by atoms with Gasteiger partial charge in [-0.3, -0.25) is 9.59 Å². The van der Waals surface area contributed by atoms with Crippen LogP contribution in [0.2, 0.25) is 0 Å². The number of carbonyl (C=O) groups is 2. The Morgan fingerprint density at radius 1 is 0.909 bits per heavy atom. The Hall–Kier alpha value is -3.22. The van der Waals surface area contributed by atoms with Crippen LogP contribution in [-0.4, -0.2) is 49.6 Å². The first-order valence-corrected chi connectivity index (χ1v) is 11.4. The van der Waals surface area contributed by atoms with Gasteiger partial charge in [-0.2, -0.15) is 0 Å². The van der Waals surface area contributed by atoms with Crippen molar-refractivity contribution in [1.82, 2.24) is 10.2 Å². The van der Waals surface area contributed by atoms with E-state index in [1.165, 1.54) is 0 Å². The lowest BCUT2D eigenvalue weighted by atomic mass is 10.1. The first-order valence-electron chi connectivity index (χ1n) is 11.4. The van der Waals surface area contributed by atoms with Crippen LogP contribution in [0.25, 0.3) is 0 Å². The molecule has 33 heavy (non-hydrogen) atoms. The molecule has 2 rings (SSSR count). The summed E-state index contributed by atoms with van der Waals surface area (Å²) in [5.41, 5.74) is 0.932. The fourth-order valence-electron chi connectivity index (χ4n) is 3.20. The van der Waals surface area contributed by atoms with E-state index in [9.17, 15) is 9.59 Å². The molecule has 7 nitrogen and oxygen atoms in total. The molecule has 7 heteroatoms. The summed E-state index contributed by atoms with van der Waals surface area (Å²) in [7, 11) is 3.23. The molecule has 0 aliphatic carbocycles. The SMILES string of the molecule is CC[C@H](C)NC(=O)[C@@H](C)N(Cc1ccc(OC)cc1)C(=O)CCCOc1ccc(OC)cc1. The van der Waals surface area contributed by atoms with Crippen molar-refractivity contribution in [2.75, 3.05) is 20.8 Å². The van der Waals surface area contributed by atoms with E-state index in [1.807, 2.05) is 62.4 Å². The Balaban J connectivity index is 2.00.